The van der Waals surface area contributed by atoms with Crippen LogP contribution in [0.15, 0.2) is 42.5 Å². The van der Waals surface area contributed by atoms with Crippen molar-refractivity contribution in [2.75, 3.05) is 34.5 Å². The summed E-state index contributed by atoms with van der Waals surface area (Å²) in [6.07, 6.45) is 2.84. The molecular weight excluding hydrogens is 362 g/mol. The summed E-state index contributed by atoms with van der Waals surface area (Å²) in [6.45, 7) is 0.713. The number of methoxy groups -OCH3 is 3. The molecule has 0 radical (unpaired) electrons. The fourth-order valence-electron chi connectivity index (χ4n) is 2.86. The highest BCUT2D eigenvalue weighted by atomic mass is 16.6. The Kier molecular flexibility index (Phi) is 6.26. The van der Waals surface area contributed by atoms with Crippen molar-refractivity contribution < 1.29 is 28.5 Å². The summed E-state index contributed by atoms with van der Waals surface area (Å²) >= 11 is 0. The molecule has 7 nitrogen and oxygen atoms in total. The van der Waals surface area contributed by atoms with E-state index < -0.39 is 0 Å². The summed E-state index contributed by atoms with van der Waals surface area (Å²) in [5.74, 6) is 2.66. The van der Waals surface area contributed by atoms with Crippen LogP contribution in [-0.4, -0.2) is 46.5 Å². The van der Waals surface area contributed by atoms with Crippen molar-refractivity contribution in [1.82, 2.24) is 5.32 Å². The van der Waals surface area contributed by atoms with Crippen LogP contribution in [-0.2, 0) is 4.79 Å². The van der Waals surface area contributed by atoms with Crippen LogP contribution in [0.3, 0.4) is 0 Å². The van der Waals surface area contributed by atoms with Crippen molar-refractivity contribution >= 4 is 12.0 Å². The highest BCUT2D eigenvalue weighted by Crippen LogP contribution is 2.40. The molecular formula is C21H23NO6. The van der Waals surface area contributed by atoms with Crippen LogP contribution in [0.1, 0.15) is 5.56 Å². The zero-order chi connectivity index (χ0) is 19.9. The topological polar surface area (TPSA) is 75.3 Å². The molecule has 0 unspecified atom stereocenters. The van der Waals surface area contributed by atoms with E-state index in [4.69, 9.17) is 23.7 Å². The lowest BCUT2D eigenvalue weighted by Crippen LogP contribution is -2.40. The van der Waals surface area contributed by atoms with Gasteiger partial charge in [0.05, 0.1) is 27.9 Å². The van der Waals surface area contributed by atoms with Gasteiger partial charge in [0, 0.05) is 11.6 Å². The molecule has 148 valence electrons. The number of para-hydroxylation sites is 2. The summed E-state index contributed by atoms with van der Waals surface area (Å²) in [5.41, 5.74) is 0.696. The summed E-state index contributed by atoms with van der Waals surface area (Å²) in [7, 11) is 4.62. The lowest BCUT2D eigenvalue weighted by atomic mass is 10.1. The summed E-state index contributed by atoms with van der Waals surface area (Å²) in [5, 5.41) is 2.81. The second-order valence-electron chi connectivity index (χ2n) is 6.00. The Balaban J connectivity index is 1.60. The smallest absolute Gasteiger partial charge is 0.244 e. The van der Waals surface area contributed by atoms with Gasteiger partial charge in [0.25, 0.3) is 0 Å². The molecule has 0 aliphatic carbocycles. The first kappa shape index (κ1) is 19.4. The molecule has 1 aliphatic heterocycles. The molecule has 0 saturated carbocycles. The van der Waals surface area contributed by atoms with Gasteiger partial charge in [-0.05, 0) is 30.3 Å². The van der Waals surface area contributed by atoms with Crippen molar-refractivity contribution in [3.63, 3.8) is 0 Å². The van der Waals surface area contributed by atoms with Gasteiger partial charge >= 0.3 is 0 Å². The normalized spacial score (nSPS) is 15.2. The Morgan fingerprint density at radius 2 is 1.82 bits per heavy atom. The molecule has 1 N–H and O–H groups in total. The number of ether oxygens (including phenoxy) is 5. The van der Waals surface area contributed by atoms with E-state index in [1.54, 1.807) is 25.3 Å². The fourth-order valence-corrected chi connectivity index (χ4v) is 2.86. The summed E-state index contributed by atoms with van der Waals surface area (Å²) in [4.78, 5) is 12.2. The van der Waals surface area contributed by atoms with Crippen LogP contribution in [0.2, 0.25) is 0 Å². The Morgan fingerprint density at radius 1 is 1.07 bits per heavy atom. The number of amides is 1. The minimum Gasteiger partial charge on any atom is -0.493 e. The average Bonchev–Trinajstić information content (AvgIpc) is 2.75. The molecule has 1 atom stereocenters. The standard InChI is InChI=1S/C21H23NO6/c1-24-18-10-8-14(20(25-2)21(18)26-3)9-11-19(23)22-12-15-13-27-16-6-4-5-7-17(16)28-15/h4-11,15H,12-13H2,1-3H3,(H,22,23)/b11-9+/t15-/m0/s1. The van der Waals surface area contributed by atoms with Crippen molar-refractivity contribution in [2.45, 2.75) is 6.10 Å². The average molecular weight is 385 g/mol. The van der Waals surface area contributed by atoms with Gasteiger partial charge in [0.15, 0.2) is 23.0 Å². The lowest BCUT2D eigenvalue weighted by Gasteiger charge is -2.26. The van der Waals surface area contributed by atoms with Gasteiger partial charge in [-0.1, -0.05) is 12.1 Å². The minimum atomic E-state index is -0.251. The fraction of sp³-hybridized carbons (Fsp3) is 0.286. The molecule has 28 heavy (non-hydrogen) atoms. The van der Waals surface area contributed by atoms with Crippen molar-refractivity contribution in [3.8, 4) is 28.7 Å². The summed E-state index contributed by atoms with van der Waals surface area (Å²) < 4.78 is 27.5. The Labute approximate surface area is 163 Å². The van der Waals surface area contributed by atoms with Crippen molar-refractivity contribution in [2.24, 2.45) is 0 Å². The van der Waals surface area contributed by atoms with Gasteiger partial charge in [-0.15, -0.1) is 0 Å². The third-order valence-electron chi connectivity index (χ3n) is 4.22. The second-order valence-corrected chi connectivity index (χ2v) is 6.00. The zero-order valence-corrected chi connectivity index (χ0v) is 16.1. The highest BCUT2D eigenvalue weighted by molar-refractivity contribution is 5.92. The predicted molar refractivity (Wildman–Crippen MR) is 104 cm³/mol. The number of fused-ring (bicyclic) bond motifs is 1. The van der Waals surface area contributed by atoms with Gasteiger partial charge in [0.1, 0.15) is 12.7 Å². The number of hydrogen-bond acceptors (Lipinski definition) is 6. The van der Waals surface area contributed by atoms with E-state index in [-0.39, 0.29) is 12.0 Å². The van der Waals surface area contributed by atoms with E-state index in [0.717, 1.165) is 0 Å². The zero-order valence-electron chi connectivity index (χ0n) is 16.1. The number of carbonyl (C=O) groups excluding carboxylic acids is 1. The molecule has 0 aromatic heterocycles. The maximum atomic E-state index is 12.2. The van der Waals surface area contributed by atoms with Crippen LogP contribution in [0.25, 0.3) is 6.08 Å². The molecule has 0 bridgehead atoms. The third-order valence-corrected chi connectivity index (χ3v) is 4.22. The first-order valence-corrected chi connectivity index (χ1v) is 8.79. The van der Waals surface area contributed by atoms with Crippen LogP contribution in [0, 0.1) is 0 Å². The van der Waals surface area contributed by atoms with E-state index >= 15 is 0 Å². The molecule has 1 amide bonds. The predicted octanol–water partition coefficient (Wildman–Crippen LogP) is 2.68. The largest absolute Gasteiger partial charge is 0.493 e. The monoisotopic (exact) mass is 385 g/mol. The van der Waals surface area contributed by atoms with E-state index in [1.807, 2.05) is 24.3 Å². The number of hydrogen-bond donors (Lipinski definition) is 1. The van der Waals surface area contributed by atoms with Crippen molar-refractivity contribution in [1.29, 1.82) is 0 Å². The number of nitrogens with one attached hydrogen (secondary N) is 1. The molecule has 3 rings (SSSR count). The quantitative estimate of drug-likeness (QED) is 0.739. The number of benzene rings is 2. The Bertz CT molecular complexity index is 864. The van der Waals surface area contributed by atoms with Crippen LogP contribution >= 0.6 is 0 Å². The SMILES string of the molecule is COc1ccc(/C=C/C(=O)NC[C@H]2COc3ccccc3O2)c(OC)c1OC. The van der Waals surface area contributed by atoms with Crippen LogP contribution < -0.4 is 29.0 Å². The van der Waals surface area contributed by atoms with Crippen LogP contribution in [0.4, 0.5) is 0 Å². The molecule has 2 aromatic carbocycles. The van der Waals surface area contributed by atoms with Gasteiger partial charge < -0.3 is 29.0 Å². The van der Waals surface area contributed by atoms with E-state index in [2.05, 4.69) is 5.32 Å². The third kappa shape index (κ3) is 4.31. The van der Waals surface area contributed by atoms with E-state index in [0.29, 0.717) is 47.5 Å². The molecule has 0 saturated heterocycles. The Morgan fingerprint density at radius 3 is 2.54 bits per heavy atom. The van der Waals surface area contributed by atoms with E-state index in [1.165, 1.54) is 20.3 Å². The molecule has 1 aliphatic rings. The molecule has 2 aromatic rings. The first-order chi connectivity index (χ1) is 13.7. The minimum absolute atomic E-state index is 0.247. The van der Waals surface area contributed by atoms with Gasteiger partial charge in [-0.3, -0.25) is 4.79 Å². The first-order valence-electron chi connectivity index (χ1n) is 8.79. The highest BCUT2D eigenvalue weighted by Gasteiger charge is 2.20. The molecule has 1 heterocycles. The molecule has 7 heteroatoms. The van der Waals surface area contributed by atoms with Gasteiger partial charge in [-0.25, -0.2) is 0 Å². The number of carbonyl (C=O) groups is 1. The Hall–Kier alpha value is -3.35. The van der Waals surface area contributed by atoms with Gasteiger partial charge in [0.2, 0.25) is 11.7 Å². The van der Waals surface area contributed by atoms with E-state index in [9.17, 15) is 4.79 Å². The maximum Gasteiger partial charge on any atom is 0.244 e. The second kappa shape index (κ2) is 9.03. The summed E-state index contributed by atoms with van der Waals surface area (Å²) in [6, 6.07) is 11.0. The molecule has 0 fully saturated rings. The lowest BCUT2D eigenvalue weighted by molar-refractivity contribution is -0.116. The van der Waals surface area contributed by atoms with Crippen molar-refractivity contribution in [3.05, 3.63) is 48.0 Å². The maximum absolute atomic E-state index is 12.2. The van der Waals surface area contributed by atoms with Gasteiger partial charge in [-0.2, -0.15) is 0 Å². The molecule has 0 spiro atoms. The number of rotatable bonds is 7. The van der Waals surface area contributed by atoms with Crippen LogP contribution in [0.5, 0.6) is 28.7 Å².